The Kier molecular flexibility index (Phi) is 7.28. The third-order valence-electron chi connectivity index (χ3n) is 3.87. The van der Waals surface area contributed by atoms with Gasteiger partial charge in [-0.05, 0) is 25.2 Å². The van der Waals surface area contributed by atoms with Crippen LogP contribution in [-0.2, 0) is 25.9 Å². The van der Waals surface area contributed by atoms with E-state index in [9.17, 15) is 0 Å². The molecular weight excluding hydrogens is 246 g/mol. The summed E-state index contributed by atoms with van der Waals surface area (Å²) < 4.78 is 2.27. The molecule has 0 radical (unpaired) electrons. The van der Waals surface area contributed by atoms with E-state index in [4.69, 9.17) is 5.10 Å². The number of nitrogens with zero attached hydrogens (tertiary/aromatic N) is 2. The molecule has 0 aliphatic rings. The molecule has 0 aliphatic heterocycles. The molecule has 0 spiro atoms. The zero-order chi connectivity index (χ0) is 15.1. The molecule has 0 fully saturated rings. The molecule has 0 amide bonds. The van der Waals surface area contributed by atoms with E-state index in [1.54, 1.807) is 0 Å². The molecule has 3 nitrogen and oxygen atoms in total. The summed E-state index contributed by atoms with van der Waals surface area (Å²) in [4.78, 5) is 0. The lowest BCUT2D eigenvalue weighted by Crippen LogP contribution is -2.23. The summed E-state index contributed by atoms with van der Waals surface area (Å²) in [5, 5.41) is 8.43. The van der Waals surface area contributed by atoms with Gasteiger partial charge in [0.15, 0.2) is 0 Å². The summed E-state index contributed by atoms with van der Waals surface area (Å²) in [6.07, 6.45) is 4.63. The van der Waals surface area contributed by atoms with Crippen molar-refractivity contribution >= 4 is 0 Å². The van der Waals surface area contributed by atoms with E-state index >= 15 is 0 Å². The molecular formula is C17H33N3. The van der Waals surface area contributed by atoms with Crippen molar-refractivity contribution in [3.63, 3.8) is 0 Å². The highest BCUT2D eigenvalue weighted by Gasteiger charge is 2.16. The zero-order valence-corrected chi connectivity index (χ0v) is 14.3. The first-order valence-electron chi connectivity index (χ1n) is 8.34. The van der Waals surface area contributed by atoms with Crippen molar-refractivity contribution in [2.24, 2.45) is 5.92 Å². The molecule has 0 aromatic carbocycles. The summed E-state index contributed by atoms with van der Waals surface area (Å²) in [6, 6.07) is 0.520. The van der Waals surface area contributed by atoms with Crippen LogP contribution in [0.15, 0.2) is 0 Å². The fourth-order valence-electron chi connectivity index (χ4n) is 2.81. The van der Waals surface area contributed by atoms with Crippen molar-refractivity contribution in [1.82, 2.24) is 15.1 Å². The summed E-state index contributed by atoms with van der Waals surface area (Å²) in [7, 11) is 0. The third-order valence-corrected chi connectivity index (χ3v) is 3.87. The largest absolute Gasteiger partial charge is 0.310 e. The number of hydrogen-bond acceptors (Lipinski definition) is 2. The van der Waals surface area contributed by atoms with E-state index in [2.05, 4.69) is 51.5 Å². The number of rotatable bonds is 9. The van der Waals surface area contributed by atoms with Crippen molar-refractivity contribution in [3.05, 3.63) is 17.0 Å². The Morgan fingerprint density at radius 1 is 1.10 bits per heavy atom. The minimum Gasteiger partial charge on any atom is -0.310 e. The first kappa shape index (κ1) is 17.2. The van der Waals surface area contributed by atoms with Crippen LogP contribution in [0.3, 0.4) is 0 Å². The first-order valence-corrected chi connectivity index (χ1v) is 8.34. The topological polar surface area (TPSA) is 29.9 Å². The Hall–Kier alpha value is -0.830. The number of nitrogens with one attached hydrogen (secondary N) is 1. The molecule has 1 aromatic rings. The van der Waals surface area contributed by atoms with Gasteiger partial charge in [0.25, 0.3) is 0 Å². The molecule has 0 bridgehead atoms. The smallest absolute Gasteiger partial charge is 0.0669 e. The van der Waals surface area contributed by atoms with Crippen LogP contribution in [0.1, 0.15) is 71.3 Å². The minimum absolute atomic E-state index is 0.520. The second-order valence-corrected chi connectivity index (χ2v) is 6.19. The Morgan fingerprint density at radius 2 is 1.80 bits per heavy atom. The van der Waals surface area contributed by atoms with Gasteiger partial charge in [-0.25, -0.2) is 0 Å². The van der Waals surface area contributed by atoms with Crippen LogP contribution in [-0.4, -0.2) is 15.8 Å². The van der Waals surface area contributed by atoms with Gasteiger partial charge in [0.2, 0.25) is 0 Å². The average molecular weight is 279 g/mol. The highest BCUT2D eigenvalue weighted by atomic mass is 15.3. The van der Waals surface area contributed by atoms with Gasteiger partial charge in [-0.1, -0.05) is 48.0 Å². The fourth-order valence-corrected chi connectivity index (χ4v) is 2.81. The summed E-state index contributed by atoms with van der Waals surface area (Å²) >= 11 is 0. The normalized spacial score (nSPS) is 13.2. The molecule has 1 N–H and O–H groups in total. The van der Waals surface area contributed by atoms with E-state index in [0.717, 1.165) is 25.9 Å². The fraction of sp³-hybridized carbons (Fsp3) is 0.824. The van der Waals surface area contributed by atoms with E-state index < -0.39 is 0 Å². The van der Waals surface area contributed by atoms with Gasteiger partial charge in [-0.3, -0.25) is 4.68 Å². The summed E-state index contributed by atoms with van der Waals surface area (Å²) in [5.74, 6) is 0.709. The lowest BCUT2D eigenvalue weighted by Gasteiger charge is -2.14. The molecule has 0 saturated heterocycles. The number of hydrogen-bond donors (Lipinski definition) is 1. The van der Waals surface area contributed by atoms with Crippen LogP contribution in [0.4, 0.5) is 0 Å². The molecule has 0 aliphatic carbocycles. The maximum absolute atomic E-state index is 4.88. The maximum atomic E-state index is 4.88. The third kappa shape index (κ3) is 4.62. The van der Waals surface area contributed by atoms with E-state index in [0.29, 0.717) is 12.0 Å². The van der Waals surface area contributed by atoms with Crippen LogP contribution in [0.25, 0.3) is 0 Å². The van der Waals surface area contributed by atoms with E-state index in [1.165, 1.54) is 29.8 Å². The molecule has 3 heteroatoms. The molecule has 0 saturated carbocycles. The maximum Gasteiger partial charge on any atom is 0.0669 e. The van der Waals surface area contributed by atoms with Crippen LogP contribution in [0.2, 0.25) is 0 Å². The predicted octanol–water partition coefficient (Wildman–Crippen LogP) is 3.94. The molecule has 1 aromatic heterocycles. The van der Waals surface area contributed by atoms with Crippen molar-refractivity contribution in [1.29, 1.82) is 0 Å². The van der Waals surface area contributed by atoms with Gasteiger partial charge in [0.1, 0.15) is 0 Å². The Morgan fingerprint density at radius 3 is 2.30 bits per heavy atom. The zero-order valence-electron chi connectivity index (χ0n) is 14.3. The van der Waals surface area contributed by atoms with Crippen molar-refractivity contribution in [3.8, 4) is 0 Å². The predicted molar refractivity (Wildman–Crippen MR) is 87.0 cm³/mol. The van der Waals surface area contributed by atoms with E-state index in [1.807, 2.05) is 0 Å². The van der Waals surface area contributed by atoms with Crippen LogP contribution < -0.4 is 5.32 Å². The van der Waals surface area contributed by atoms with Crippen molar-refractivity contribution < 1.29 is 0 Å². The quantitative estimate of drug-likeness (QED) is 0.742. The summed E-state index contributed by atoms with van der Waals surface area (Å²) in [5.41, 5.74) is 4.14. The molecule has 20 heavy (non-hydrogen) atoms. The second-order valence-electron chi connectivity index (χ2n) is 6.19. The number of aryl methyl sites for hydroxylation is 1. The Labute approximate surface area is 125 Å². The van der Waals surface area contributed by atoms with Crippen LogP contribution >= 0.6 is 0 Å². The monoisotopic (exact) mass is 279 g/mol. The molecule has 1 unspecified atom stereocenters. The standard InChI is InChI=1S/C17H33N3/c1-7-10-14(6)12-20-17(9-3)15(11-18-13(4)5)16(8-2)19-20/h13-14,18H,7-12H2,1-6H3. The van der Waals surface area contributed by atoms with Crippen LogP contribution in [0, 0.1) is 5.92 Å². The van der Waals surface area contributed by atoms with Gasteiger partial charge in [0, 0.05) is 30.4 Å². The van der Waals surface area contributed by atoms with Gasteiger partial charge in [-0.15, -0.1) is 0 Å². The average Bonchev–Trinajstić information content (AvgIpc) is 2.73. The summed E-state index contributed by atoms with van der Waals surface area (Å²) in [6.45, 7) is 15.5. The van der Waals surface area contributed by atoms with Crippen molar-refractivity contribution in [2.75, 3.05) is 0 Å². The van der Waals surface area contributed by atoms with Gasteiger partial charge < -0.3 is 5.32 Å². The van der Waals surface area contributed by atoms with Crippen molar-refractivity contribution in [2.45, 2.75) is 86.4 Å². The molecule has 116 valence electrons. The highest BCUT2D eigenvalue weighted by molar-refractivity contribution is 5.27. The van der Waals surface area contributed by atoms with Crippen LogP contribution in [0.5, 0.6) is 0 Å². The Bertz CT molecular complexity index is 393. The molecule has 1 rings (SSSR count). The first-order chi connectivity index (χ1) is 9.53. The van der Waals surface area contributed by atoms with Gasteiger partial charge in [-0.2, -0.15) is 5.10 Å². The number of aromatic nitrogens is 2. The van der Waals surface area contributed by atoms with Gasteiger partial charge in [0.05, 0.1) is 5.69 Å². The lowest BCUT2D eigenvalue weighted by molar-refractivity contribution is 0.410. The van der Waals surface area contributed by atoms with Gasteiger partial charge >= 0.3 is 0 Å². The highest BCUT2D eigenvalue weighted by Crippen LogP contribution is 2.19. The molecule has 1 atom stereocenters. The SMILES string of the molecule is CCCC(C)Cn1nc(CC)c(CNC(C)C)c1CC. The van der Waals surface area contributed by atoms with E-state index in [-0.39, 0.29) is 0 Å². The minimum atomic E-state index is 0.520. The lowest BCUT2D eigenvalue weighted by atomic mass is 10.1. The molecule has 1 heterocycles. The second kappa shape index (κ2) is 8.46. The Balaban J connectivity index is 2.94.